The first-order valence-corrected chi connectivity index (χ1v) is 5.87. The van der Waals surface area contributed by atoms with Gasteiger partial charge >= 0.3 is 0 Å². The highest BCUT2D eigenvalue weighted by Crippen LogP contribution is 2.17. The van der Waals surface area contributed by atoms with Gasteiger partial charge in [-0.2, -0.15) is 0 Å². The van der Waals surface area contributed by atoms with Gasteiger partial charge in [0.05, 0.1) is 6.10 Å². The van der Waals surface area contributed by atoms with Crippen molar-refractivity contribution in [3.63, 3.8) is 0 Å². The van der Waals surface area contributed by atoms with E-state index in [9.17, 15) is 4.79 Å². The Hall–Kier alpha value is -0.610. The van der Waals surface area contributed by atoms with Gasteiger partial charge in [-0.05, 0) is 26.2 Å². The summed E-state index contributed by atoms with van der Waals surface area (Å²) in [5.74, 6) is 0.207. The van der Waals surface area contributed by atoms with Gasteiger partial charge in [-0.25, -0.2) is 0 Å². The SMILES string of the molecule is CCN(CCN)C(=O)CCC1CCCO1. The molecule has 1 rings (SSSR count). The molecule has 0 aromatic rings. The molecule has 1 unspecified atom stereocenters. The van der Waals surface area contributed by atoms with Crippen LogP contribution in [-0.2, 0) is 9.53 Å². The van der Waals surface area contributed by atoms with E-state index >= 15 is 0 Å². The number of rotatable bonds is 6. The molecule has 0 radical (unpaired) electrons. The van der Waals surface area contributed by atoms with Crippen LogP contribution < -0.4 is 5.73 Å². The summed E-state index contributed by atoms with van der Waals surface area (Å²) < 4.78 is 5.48. The highest BCUT2D eigenvalue weighted by Gasteiger charge is 2.18. The molecule has 1 aliphatic rings. The fraction of sp³-hybridized carbons (Fsp3) is 0.909. The summed E-state index contributed by atoms with van der Waals surface area (Å²) in [5.41, 5.74) is 5.44. The van der Waals surface area contributed by atoms with Crippen LogP contribution >= 0.6 is 0 Å². The Morgan fingerprint density at radius 1 is 1.60 bits per heavy atom. The number of carbonyl (C=O) groups is 1. The second-order valence-electron chi connectivity index (χ2n) is 3.94. The number of nitrogens with zero attached hydrogens (tertiary/aromatic N) is 1. The van der Waals surface area contributed by atoms with Crippen molar-refractivity contribution in [3.8, 4) is 0 Å². The van der Waals surface area contributed by atoms with Crippen molar-refractivity contribution in [3.05, 3.63) is 0 Å². The lowest BCUT2D eigenvalue weighted by molar-refractivity contribution is -0.131. The third-order valence-electron chi connectivity index (χ3n) is 2.84. The lowest BCUT2D eigenvalue weighted by Gasteiger charge is -2.20. The van der Waals surface area contributed by atoms with Crippen molar-refractivity contribution >= 4 is 5.91 Å². The molecule has 0 spiro atoms. The van der Waals surface area contributed by atoms with Gasteiger partial charge < -0.3 is 15.4 Å². The molecular weight excluding hydrogens is 192 g/mol. The zero-order valence-electron chi connectivity index (χ0n) is 9.58. The van der Waals surface area contributed by atoms with E-state index in [2.05, 4.69) is 0 Å². The lowest BCUT2D eigenvalue weighted by Crippen LogP contribution is -2.35. The summed E-state index contributed by atoms with van der Waals surface area (Å²) in [6, 6.07) is 0. The number of likely N-dealkylation sites (N-methyl/N-ethyl adjacent to an activating group) is 1. The Balaban J connectivity index is 2.20. The molecule has 88 valence electrons. The van der Waals surface area contributed by atoms with Crippen molar-refractivity contribution in [1.82, 2.24) is 4.90 Å². The molecule has 4 nitrogen and oxygen atoms in total. The fourth-order valence-corrected chi connectivity index (χ4v) is 1.93. The van der Waals surface area contributed by atoms with E-state index in [1.807, 2.05) is 11.8 Å². The standard InChI is InChI=1S/C11H22N2O2/c1-2-13(8-7-12)11(14)6-5-10-4-3-9-15-10/h10H,2-9,12H2,1H3. The lowest BCUT2D eigenvalue weighted by atomic mass is 10.1. The van der Waals surface area contributed by atoms with Crippen LogP contribution in [0.3, 0.4) is 0 Å². The first-order valence-electron chi connectivity index (χ1n) is 5.87. The second kappa shape index (κ2) is 6.80. The maximum absolute atomic E-state index is 11.7. The van der Waals surface area contributed by atoms with Crippen LogP contribution in [0.2, 0.25) is 0 Å². The van der Waals surface area contributed by atoms with Gasteiger partial charge in [0.15, 0.2) is 0 Å². The summed E-state index contributed by atoms with van der Waals surface area (Å²) in [6.45, 7) is 4.81. The number of hydrogen-bond donors (Lipinski definition) is 1. The topological polar surface area (TPSA) is 55.6 Å². The third-order valence-corrected chi connectivity index (χ3v) is 2.84. The molecule has 1 atom stereocenters. The maximum Gasteiger partial charge on any atom is 0.222 e. The highest BCUT2D eigenvalue weighted by atomic mass is 16.5. The molecule has 15 heavy (non-hydrogen) atoms. The van der Waals surface area contributed by atoms with E-state index in [0.29, 0.717) is 25.6 Å². The van der Waals surface area contributed by atoms with Gasteiger partial charge in [-0.3, -0.25) is 4.79 Å². The second-order valence-corrected chi connectivity index (χ2v) is 3.94. The minimum Gasteiger partial charge on any atom is -0.378 e. The molecule has 0 aliphatic carbocycles. The normalized spacial score (nSPS) is 20.5. The fourth-order valence-electron chi connectivity index (χ4n) is 1.93. The van der Waals surface area contributed by atoms with Gasteiger partial charge in [0.2, 0.25) is 5.91 Å². The van der Waals surface area contributed by atoms with Gasteiger partial charge in [-0.15, -0.1) is 0 Å². The van der Waals surface area contributed by atoms with Gasteiger partial charge in [-0.1, -0.05) is 0 Å². The Morgan fingerprint density at radius 3 is 2.93 bits per heavy atom. The van der Waals surface area contributed by atoms with E-state index in [4.69, 9.17) is 10.5 Å². The van der Waals surface area contributed by atoms with Crippen LogP contribution in [0.15, 0.2) is 0 Å². The minimum atomic E-state index is 0.207. The van der Waals surface area contributed by atoms with Crippen LogP contribution in [0.1, 0.15) is 32.6 Å². The summed E-state index contributed by atoms with van der Waals surface area (Å²) in [5, 5.41) is 0. The Morgan fingerprint density at radius 2 is 2.40 bits per heavy atom. The smallest absolute Gasteiger partial charge is 0.222 e. The van der Waals surface area contributed by atoms with Crippen molar-refractivity contribution < 1.29 is 9.53 Å². The zero-order chi connectivity index (χ0) is 11.1. The Labute approximate surface area is 91.8 Å². The summed E-state index contributed by atoms with van der Waals surface area (Å²) in [4.78, 5) is 13.6. The Kier molecular flexibility index (Phi) is 5.65. The molecule has 0 aromatic heterocycles. The number of carbonyl (C=O) groups excluding carboxylic acids is 1. The average molecular weight is 214 g/mol. The number of nitrogens with two attached hydrogens (primary N) is 1. The summed E-state index contributed by atoms with van der Waals surface area (Å²) in [7, 11) is 0. The molecule has 0 aromatic carbocycles. The number of ether oxygens (including phenoxy) is 1. The monoisotopic (exact) mass is 214 g/mol. The van der Waals surface area contributed by atoms with Crippen LogP contribution in [0.25, 0.3) is 0 Å². The predicted octanol–water partition coefficient (Wildman–Crippen LogP) is 0.753. The molecule has 1 saturated heterocycles. The van der Waals surface area contributed by atoms with Gasteiger partial charge in [0.1, 0.15) is 0 Å². The molecule has 2 N–H and O–H groups in total. The molecule has 1 heterocycles. The van der Waals surface area contributed by atoms with E-state index < -0.39 is 0 Å². The van der Waals surface area contributed by atoms with Crippen LogP contribution in [0.5, 0.6) is 0 Å². The molecule has 0 saturated carbocycles. The van der Waals surface area contributed by atoms with E-state index in [-0.39, 0.29) is 5.91 Å². The largest absolute Gasteiger partial charge is 0.378 e. The molecular formula is C11H22N2O2. The first-order chi connectivity index (χ1) is 7.27. The summed E-state index contributed by atoms with van der Waals surface area (Å²) >= 11 is 0. The van der Waals surface area contributed by atoms with Crippen molar-refractivity contribution in [1.29, 1.82) is 0 Å². The maximum atomic E-state index is 11.7. The number of hydrogen-bond acceptors (Lipinski definition) is 3. The molecule has 1 amide bonds. The molecule has 4 heteroatoms. The molecule has 1 fully saturated rings. The van der Waals surface area contributed by atoms with Crippen LogP contribution in [-0.4, -0.2) is 43.2 Å². The van der Waals surface area contributed by atoms with Crippen molar-refractivity contribution in [2.75, 3.05) is 26.2 Å². The quantitative estimate of drug-likeness (QED) is 0.710. The summed E-state index contributed by atoms with van der Waals surface area (Å²) in [6.07, 6.45) is 4.01. The van der Waals surface area contributed by atoms with Gasteiger partial charge in [0, 0.05) is 32.7 Å². The van der Waals surface area contributed by atoms with E-state index in [1.54, 1.807) is 0 Å². The van der Waals surface area contributed by atoms with E-state index in [0.717, 1.165) is 32.4 Å². The molecule has 1 aliphatic heterocycles. The zero-order valence-corrected chi connectivity index (χ0v) is 9.58. The van der Waals surface area contributed by atoms with E-state index in [1.165, 1.54) is 0 Å². The van der Waals surface area contributed by atoms with Crippen molar-refractivity contribution in [2.45, 2.75) is 38.7 Å². The minimum absolute atomic E-state index is 0.207. The third kappa shape index (κ3) is 4.18. The first kappa shape index (κ1) is 12.5. The van der Waals surface area contributed by atoms with Crippen molar-refractivity contribution in [2.24, 2.45) is 5.73 Å². The van der Waals surface area contributed by atoms with Crippen LogP contribution in [0, 0.1) is 0 Å². The van der Waals surface area contributed by atoms with Crippen LogP contribution in [0.4, 0.5) is 0 Å². The number of amides is 1. The average Bonchev–Trinajstić information content (AvgIpc) is 2.75. The highest BCUT2D eigenvalue weighted by molar-refractivity contribution is 5.76. The predicted molar refractivity (Wildman–Crippen MR) is 59.5 cm³/mol. The molecule has 0 bridgehead atoms. The Bertz CT molecular complexity index is 191. The van der Waals surface area contributed by atoms with Gasteiger partial charge in [0.25, 0.3) is 0 Å².